The predicted molar refractivity (Wildman–Crippen MR) is 80.4 cm³/mol. The molecule has 0 aliphatic carbocycles. The SMILES string of the molecule is CCCNC1CCN(C(C)C2CCOCC2)CC1C. The fraction of sp³-hybridized carbons (Fsp3) is 1.00. The summed E-state index contributed by atoms with van der Waals surface area (Å²) in [4.78, 5) is 2.73. The lowest BCUT2D eigenvalue weighted by atomic mass is 9.87. The normalized spacial score (nSPS) is 32.4. The minimum atomic E-state index is 0.734. The molecule has 0 aromatic heterocycles. The van der Waals surface area contributed by atoms with Crippen molar-refractivity contribution in [1.82, 2.24) is 10.2 Å². The van der Waals surface area contributed by atoms with Crippen LogP contribution >= 0.6 is 0 Å². The number of hydrogen-bond acceptors (Lipinski definition) is 3. The Morgan fingerprint density at radius 3 is 2.63 bits per heavy atom. The van der Waals surface area contributed by atoms with Crippen LogP contribution in [0.3, 0.4) is 0 Å². The van der Waals surface area contributed by atoms with E-state index >= 15 is 0 Å². The molecule has 2 rings (SSSR count). The molecule has 2 saturated heterocycles. The number of likely N-dealkylation sites (tertiary alicyclic amines) is 1. The van der Waals surface area contributed by atoms with E-state index in [2.05, 4.69) is 31.0 Å². The maximum atomic E-state index is 5.49. The number of nitrogens with zero attached hydrogens (tertiary/aromatic N) is 1. The molecule has 2 fully saturated rings. The molecule has 3 nitrogen and oxygen atoms in total. The number of hydrogen-bond donors (Lipinski definition) is 1. The number of ether oxygens (including phenoxy) is 1. The van der Waals surface area contributed by atoms with Gasteiger partial charge >= 0.3 is 0 Å². The Hall–Kier alpha value is -0.120. The summed E-state index contributed by atoms with van der Waals surface area (Å²) in [5, 5.41) is 3.71. The van der Waals surface area contributed by atoms with E-state index in [1.807, 2.05) is 0 Å². The summed E-state index contributed by atoms with van der Waals surface area (Å²) < 4.78 is 5.49. The summed E-state index contributed by atoms with van der Waals surface area (Å²) in [6.45, 7) is 12.7. The highest BCUT2D eigenvalue weighted by Crippen LogP contribution is 2.26. The highest BCUT2D eigenvalue weighted by molar-refractivity contribution is 4.87. The fourth-order valence-electron chi connectivity index (χ4n) is 3.68. The van der Waals surface area contributed by atoms with Crippen LogP contribution in [-0.4, -0.2) is 49.8 Å². The standard InChI is InChI=1S/C16H32N2O/c1-4-8-17-16-5-9-18(12-13(16)2)14(3)15-6-10-19-11-7-15/h13-17H,4-12H2,1-3H3. The van der Waals surface area contributed by atoms with Gasteiger partial charge in [-0.1, -0.05) is 13.8 Å². The van der Waals surface area contributed by atoms with Crippen molar-refractivity contribution >= 4 is 0 Å². The molecule has 1 N–H and O–H groups in total. The zero-order valence-corrected chi connectivity index (χ0v) is 13.0. The van der Waals surface area contributed by atoms with Gasteiger partial charge in [0.05, 0.1) is 0 Å². The topological polar surface area (TPSA) is 24.5 Å². The number of nitrogens with one attached hydrogen (secondary N) is 1. The van der Waals surface area contributed by atoms with Crippen LogP contribution in [0.5, 0.6) is 0 Å². The van der Waals surface area contributed by atoms with Crippen molar-refractivity contribution in [2.45, 2.75) is 58.5 Å². The van der Waals surface area contributed by atoms with Crippen molar-refractivity contribution in [3.63, 3.8) is 0 Å². The van der Waals surface area contributed by atoms with Gasteiger partial charge in [0.1, 0.15) is 0 Å². The largest absolute Gasteiger partial charge is 0.381 e. The summed E-state index contributed by atoms with van der Waals surface area (Å²) in [7, 11) is 0. The molecule has 112 valence electrons. The summed E-state index contributed by atoms with van der Waals surface area (Å²) >= 11 is 0. The van der Waals surface area contributed by atoms with Crippen LogP contribution < -0.4 is 5.32 Å². The molecule has 0 bridgehead atoms. The maximum Gasteiger partial charge on any atom is 0.0469 e. The van der Waals surface area contributed by atoms with Gasteiger partial charge in [0, 0.05) is 31.8 Å². The lowest BCUT2D eigenvalue weighted by molar-refractivity contribution is 0.0148. The molecule has 0 aromatic carbocycles. The lowest BCUT2D eigenvalue weighted by Gasteiger charge is -2.43. The fourth-order valence-corrected chi connectivity index (χ4v) is 3.68. The molecule has 0 aromatic rings. The Morgan fingerprint density at radius 1 is 1.26 bits per heavy atom. The average molecular weight is 268 g/mol. The van der Waals surface area contributed by atoms with Gasteiger partial charge in [-0.15, -0.1) is 0 Å². The number of rotatable bonds is 5. The van der Waals surface area contributed by atoms with Gasteiger partial charge in [0.2, 0.25) is 0 Å². The molecule has 0 spiro atoms. The maximum absolute atomic E-state index is 5.49. The second kappa shape index (κ2) is 7.61. The Kier molecular flexibility index (Phi) is 6.11. The van der Waals surface area contributed by atoms with Gasteiger partial charge < -0.3 is 15.0 Å². The molecular weight excluding hydrogens is 236 g/mol. The third-order valence-corrected chi connectivity index (χ3v) is 5.12. The van der Waals surface area contributed by atoms with Crippen molar-refractivity contribution in [2.24, 2.45) is 11.8 Å². The van der Waals surface area contributed by atoms with Gasteiger partial charge in [-0.2, -0.15) is 0 Å². The van der Waals surface area contributed by atoms with Crippen LogP contribution in [0.1, 0.15) is 46.5 Å². The van der Waals surface area contributed by atoms with Crippen molar-refractivity contribution in [1.29, 1.82) is 0 Å². The summed E-state index contributed by atoms with van der Waals surface area (Å²) in [5.74, 6) is 1.63. The molecule has 0 saturated carbocycles. The molecule has 3 heteroatoms. The molecule has 0 radical (unpaired) electrons. The molecule has 2 aliphatic rings. The number of piperidine rings is 1. The van der Waals surface area contributed by atoms with Gasteiger partial charge in [-0.3, -0.25) is 0 Å². The van der Waals surface area contributed by atoms with Crippen molar-refractivity contribution in [2.75, 3.05) is 32.8 Å². The Bertz CT molecular complexity index is 253. The van der Waals surface area contributed by atoms with Gasteiger partial charge in [-0.25, -0.2) is 0 Å². The first-order valence-corrected chi connectivity index (χ1v) is 8.27. The average Bonchev–Trinajstić information content (AvgIpc) is 2.46. The first kappa shape index (κ1) is 15.3. The third-order valence-electron chi connectivity index (χ3n) is 5.12. The van der Waals surface area contributed by atoms with E-state index in [4.69, 9.17) is 4.74 Å². The Morgan fingerprint density at radius 2 is 2.00 bits per heavy atom. The zero-order chi connectivity index (χ0) is 13.7. The van der Waals surface area contributed by atoms with E-state index in [9.17, 15) is 0 Å². The third kappa shape index (κ3) is 4.17. The van der Waals surface area contributed by atoms with Gasteiger partial charge in [0.15, 0.2) is 0 Å². The summed E-state index contributed by atoms with van der Waals surface area (Å²) in [5.41, 5.74) is 0. The first-order chi connectivity index (χ1) is 9.22. The van der Waals surface area contributed by atoms with Crippen LogP contribution in [0.25, 0.3) is 0 Å². The summed E-state index contributed by atoms with van der Waals surface area (Å²) in [6.07, 6.45) is 5.06. The van der Waals surface area contributed by atoms with Gasteiger partial charge in [-0.05, 0) is 57.5 Å². The molecule has 19 heavy (non-hydrogen) atoms. The van der Waals surface area contributed by atoms with Crippen LogP contribution in [-0.2, 0) is 4.74 Å². The lowest BCUT2D eigenvalue weighted by Crippen LogP contribution is -2.52. The highest BCUT2D eigenvalue weighted by Gasteiger charge is 2.31. The van der Waals surface area contributed by atoms with Crippen LogP contribution in [0.2, 0.25) is 0 Å². The van der Waals surface area contributed by atoms with Crippen LogP contribution in [0, 0.1) is 11.8 Å². The zero-order valence-electron chi connectivity index (χ0n) is 13.0. The van der Waals surface area contributed by atoms with E-state index in [1.165, 1.54) is 45.3 Å². The van der Waals surface area contributed by atoms with E-state index in [-0.39, 0.29) is 0 Å². The Labute approximate surface area is 119 Å². The molecule has 0 amide bonds. The van der Waals surface area contributed by atoms with E-state index in [0.717, 1.165) is 37.1 Å². The smallest absolute Gasteiger partial charge is 0.0469 e. The van der Waals surface area contributed by atoms with Crippen molar-refractivity contribution in [3.05, 3.63) is 0 Å². The van der Waals surface area contributed by atoms with E-state index in [1.54, 1.807) is 0 Å². The predicted octanol–water partition coefficient (Wildman–Crippen LogP) is 2.51. The second-order valence-electron chi connectivity index (χ2n) is 6.51. The van der Waals surface area contributed by atoms with Crippen LogP contribution in [0.4, 0.5) is 0 Å². The van der Waals surface area contributed by atoms with Crippen molar-refractivity contribution in [3.8, 4) is 0 Å². The minimum absolute atomic E-state index is 0.734. The highest BCUT2D eigenvalue weighted by atomic mass is 16.5. The van der Waals surface area contributed by atoms with E-state index < -0.39 is 0 Å². The van der Waals surface area contributed by atoms with E-state index in [0.29, 0.717) is 0 Å². The van der Waals surface area contributed by atoms with Crippen molar-refractivity contribution < 1.29 is 4.74 Å². The minimum Gasteiger partial charge on any atom is -0.381 e. The van der Waals surface area contributed by atoms with Crippen LogP contribution in [0.15, 0.2) is 0 Å². The molecule has 2 aliphatic heterocycles. The molecular formula is C16H32N2O. The van der Waals surface area contributed by atoms with Gasteiger partial charge in [0.25, 0.3) is 0 Å². The monoisotopic (exact) mass is 268 g/mol. The first-order valence-electron chi connectivity index (χ1n) is 8.27. The second-order valence-corrected chi connectivity index (χ2v) is 6.51. The quantitative estimate of drug-likeness (QED) is 0.829. The summed E-state index contributed by atoms with van der Waals surface area (Å²) in [6, 6.07) is 1.47. The molecule has 2 heterocycles. The Balaban J connectivity index is 1.79. The molecule has 3 atom stereocenters. The molecule has 3 unspecified atom stereocenters.